The van der Waals surface area contributed by atoms with Gasteiger partial charge < -0.3 is 4.74 Å². The van der Waals surface area contributed by atoms with Crippen molar-refractivity contribution in [1.29, 1.82) is 0 Å². The Morgan fingerprint density at radius 1 is 1.08 bits per heavy atom. The summed E-state index contributed by atoms with van der Waals surface area (Å²) in [5.41, 5.74) is 3.04. The number of benzene rings is 2. The Kier molecular flexibility index (Phi) is 5.34. The minimum absolute atomic E-state index is 0.252. The Morgan fingerprint density at radius 3 is 2.38 bits per heavy atom. The summed E-state index contributed by atoms with van der Waals surface area (Å²) in [7, 11) is 4.65. The molecule has 1 amide bonds. The molecule has 6 heteroatoms. The summed E-state index contributed by atoms with van der Waals surface area (Å²) in [5.74, 6) is 0.497. The van der Waals surface area contributed by atoms with Gasteiger partial charge in [-0.1, -0.05) is 30.3 Å². The van der Waals surface area contributed by atoms with Crippen LogP contribution in [-0.2, 0) is 11.4 Å². The fraction of sp³-hybridized carbons (Fsp3) is 0.200. The third kappa shape index (κ3) is 3.75. The molecule has 134 valence electrons. The summed E-state index contributed by atoms with van der Waals surface area (Å²) in [4.78, 5) is 17.7. The van der Waals surface area contributed by atoms with Gasteiger partial charge in [-0.05, 0) is 29.8 Å². The standard InChI is InChI=1S/C20H21N3O3/c1-22(26-3)20(24)18-14-23(13-15-7-5-4-6-8-15)21-19(18)16-9-11-17(25-2)12-10-16/h4-12,14H,13H2,1-3H3. The number of hydrogen-bond acceptors (Lipinski definition) is 4. The summed E-state index contributed by atoms with van der Waals surface area (Å²) >= 11 is 0. The van der Waals surface area contributed by atoms with Crippen LogP contribution in [-0.4, -0.2) is 42.0 Å². The third-order valence-corrected chi connectivity index (χ3v) is 4.10. The predicted octanol–water partition coefficient (Wildman–Crippen LogP) is 3.24. The Bertz CT molecular complexity index is 873. The maximum Gasteiger partial charge on any atom is 0.280 e. The quantitative estimate of drug-likeness (QED) is 0.640. The lowest BCUT2D eigenvalue weighted by molar-refractivity contribution is -0.0756. The number of rotatable bonds is 6. The van der Waals surface area contributed by atoms with Gasteiger partial charge in [-0.25, -0.2) is 5.06 Å². The van der Waals surface area contributed by atoms with Crippen molar-refractivity contribution >= 4 is 5.91 Å². The summed E-state index contributed by atoms with van der Waals surface area (Å²) < 4.78 is 6.97. The van der Waals surface area contributed by atoms with E-state index in [-0.39, 0.29) is 5.91 Å². The second kappa shape index (κ2) is 7.84. The van der Waals surface area contributed by atoms with Crippen LogP contribution in [0, 0.1) is 0 Å². The minimum atomic E-state index is -0.252. The highest BCUT2D eigenvalue weighted by Crippen LogP contribution is 2.25. The average molecular weight is 351 g/mol. The van der Waals surface area contributed by atoms with Crippen molar-refractivity contribution in [2.24, 2.45) is 0 Å². The van der Waals surface area contributed by atoms with Crippen molar-refractivity contribution in [3.05, 3.63) is 71.9 Å². The number of carbonyl (C=O) groups is 1. The lowest BCUT2D eigenvalue weighted by Gasteiger charge is -2.13. The van der Waals surface area contributed by atoms with E-state index in [9.17, 15) is 4.79 Å². The molecule has 3 rings (SSSR count). The Hall–Kier alpha value is -3.12. The maximum atomic E-state index is 12.7. The molecule has 0 saturated carbocycles. The van der Waals surface area contributed by atoms with Crippen molar-refractivity contribution in [1.82, 2.24) is 14.8 Å². The lowest BCUT2D eigenvalue weighted by Crippen LogP contribution is -2.25. The summed E-state index contributed by atoms with van der Waals surface area (Å²) in [6, 6.07) is 17.4. The molecule has 0 atom stereocenters. The molecule has 3 aromatic rings. The first-order valence-electron chi connectivity index (χ1n) is 8.20. The monoisotopic (exact) mass is 351 g/mol. The number of carbonyl (C=O) groups excluding carboxylic acids is 1. The van der Waals surface area contributed by atoms with E-state index in [1.165, 1.54) is 12.2 Å². The third-order valence-electron chi connectivity index (χ3n) is 4.10. The zero-order valence-corrected chi connectivity index (χ0v) is 15.0. The van der Waals surface area contributed by atoms with Gasteiger partial charge in [-0.3, -0.25) is 14.3 Å². The minimum Gasteiger partial charge on any atom is -0.497 e. The van der Waals surface area contributed by atoms with E-state index in [0.717, 1.165) is 16.9 Å². The van der Waals surface area contributed by atoms with Crippen molar-refractivity contribution in [3.63, 3.8) is 0 Å². The van der Waals surface area contributed by atoms with Crippen LogP contribution in [0.4, 0.5) is 0 Å². The predicted molar refractivity (Wildman–Crippen MR) is 98.9 cm³/mol. The summed E-state index contributed by atoms with van der Waals surface area (Å²) in [6.45, 7) is 0.577. The molecular weight excluding hydrogens is 330 g/mol. The molecule has 1 aromatic heterocycles. The van der Waals surface area contributed by atoms with Crippen LogP contribution in [0.2, 0.25) is 0 Å². The van der Waals surface area contributed by atoms with E-state index in [1.807, 2.05) is 54.6 Å². The van der Waals surface area contributed by atoms with Crippen LogP contribution >= 0.6 is 0 Å². The Labute approximate surface area is 152 Å². The van der Waals surface area contributed by atoms with Gasteiger partial charge in [0.15, 0.2) is 0 Å². The largest absolute Gasteiger partial charge is 0.497 e. The number of aromatic nitrogens is 2. The van der Waals surface area contributed by atoms with Gasteiger partial charge in [0.2, 0.25) is 0 Å². The molecule has 0 bridgehead atoms. The molecule has 0 unspecified atom stereocenters. The molecule has 0 saturated heterocycles. The van der Waals surface area contributed by atoms with Crippen LogP contribution in [0.25, 0.3) is 11.3 Å². The molecule has 0 spiro atoms. The maximum absolute atomic E-state index is 12.7. The fourth-order valence-electron chi connectivity index (χ4n) is 2.64. The van der Waals surface area contributed by atoms with Gasteiger partial charge in [-0.15, -0.1) is 0 Å². The SMILES string of the molecule is COc1ccc(-c2nn(Cc3ccccc3)cc2C(=O)N(C)OC)cc1. The topological polar surface area (TPSA) is 56.6 Å². The number of hydroxylamine groups is 2. The van der Waals surface area contributed by atoms with Crippen LogP contribution in [0.5, 0.6) is 5.75 Å². The molecule has 26 heavy (non-hydrogen) atoms. The molecule has 0 fully saturated rings. The van der Waals surface area contributed by atoms with Crippen molar-refractivity contribution < 1.29 is 14.4 Å². The van der Waals surface area contributed by atoms with E-state index < -0.39 is 0 Å². The van der Waals surface area contributed by atoms with Crippen LogP contribution in [0.3, 0.4) is 0 Å². The van der Waals surface area contributed by atoms with Gasteiger partial charge >= 0.3 is 0 Å². The van der Waals surface area contributed by atoms with Gasteiger partial charge in [0, 0.05) is 18.8 Å². The molecular formula is C20H21N3O3. The van der Waals surface area contributed by atoms with Gasteiger partial charge in [0.1, 0.15) is 11.4 Å². The molecule has 0 N–H and O–H groups in total. The number of hydrogen-bond donors (Lipinski definition) is 0. The second-order valence-corrected chi connectivity index (χ2v) is 5.79. The van der Waals surface area contributed by atoms with E-state index in [4.69, 9.17) is 9.57 Å². The fourth-order valence-corrected chi connectivity index (χ4v) is 2.64. The first-order valence-corrected chi connectivity index (χ1v) is 8.20. The zero-order chi connectivity index (χ0) is 18.5. The number of amides is 1. The van der Waals surface area contributed by atoms with Gasteiger partial charge in [0.05, 0.1) is 26.3 Å². The van der Waals surface area contributed by atoms with Crippen LogP contribution in [0.1, 0.15) is 15.9 Å². The normalized spacial score (nSPS) is 10.6. The highest BCUT2D eigenvalue weighted by atomic mass is 16.7. The van der Waals surface area contributed by atoms with Crippen LogP contribution < -0.4 is 4.74 Å². The zero-order valence-electron chi connectivity index (χ0n) is 15.0. The first kappa shape index (κ1) is 17.7. The molecule has 0 aliphatic rings. The van der Waals surface area contributed by atoms with Crippen molar-refractivity contribution in [2.45, 2.75) is 6.54 Å². The molecule has 1 heterocycles. The highest BCUT2D eigenvalue weighted by Gasteiger charge is 2.21. The second-order valence-electron chi connectivity index (χ2n) is 5.79. The smallest absolute Gasteiger partial charge is 0.280 e. The van der Waals surface area contributed by atoms with Gasteiger partial charge in [-0.2, -0.15) is 5.10 Å². The number of methoxy groups -OCH3 is 1. The van der Waals surface area contributed by atoms with E-state index in [1.54, 1.807) is 25.0 Å². The molecule has 0 aliphatic heterocycles. The lowest BCUT2D eigenvalue weighted by atomic mass is 10.1. The van der Waals surface area contributed by atoms with Crippen molar-refractivity contribution in [2.75, 3.05) is 21.3 Å². The van der Waals surface area contributed by atoms with Gasteiger partial charge in [0.25, 0.3) is 5.91 Å². The molecule has 0 aliphatic carbocycles. The summed E-state index contributed by atoms with van der Waals surface area (Å²) in [5, 5.41) is 5.83. The summed E-state index contributed by atoms with van der Waals surface area (Å²) in [6.07, 6.45) is 1.75. The number of nitrogens with zero attached hydrogens (tertiary/aromatic N) is 3. The number of ether oxygens (including phenoxy) is 1. The average Bonchev–Trinajstić information content (AvgIpc) is 3.11. The molecule has 6 nitrogen and oxygen atoms in total. The molecule has 0 radical (unpaired) electrons. The van der Waals surface area contributed by atoms with E-state index in [2.05, 4.69) is 5.10 Å². The highest BCUT2D eigenvalue weighted by molar-refractivity contribution is 5.99. The Morgan fingerprint density at radius 2 is 1.77 bits per heavy atom. The first-order chi connectivity index (χ1) is 12.6. The van der Waals surface area contributed by atoms with Crippen LogP contribution in [0.15, 0.2) is 60.8 Å². The Balaban J connectivity index is 2.00. The van der Waals surface area contributed by atoms with E-state index in [0.29, 0.717) is 17.8 Å². The van der Waals surface area contributed by atoms with Crippen molar-refractivity contribution in [3.8, 4) is 17.0 Å². The van der Waals surface area contributed by atoms with E-state index >= 15 is 0 Å². The molecule has 2 aromatic carbocycles.